The summed E-state index contributed by atoms with van der Waals surface area (Å²) in [6.45, 7) is 2.31. The van der Waals surface area contributed by atoms with Crippen molar-refractivity contribution < 1.29 is 18.7 Å². The van der Waals surface area contributed by atoms with E-state index in [4.69, 9.17) is 9.47 Å². The van der Waals surface area contributed by atoms with Gasteiger partial charge in [0.2, 0.25) is 5.91 Å². The van der Waals surface area contributed by atoms with Crippen LogP contribution in [0.25, 0.3) is 0 Å². The number of carbonyl (C=O) groups excluding carboxylic acids is 1. The minimum Gasteiger partial charge on any atom is -0.497 e. The van der Waals surface area contributed by atoms with Gasteiger partial charge < -0.3 is 14.8 Å². The first-order valence-electron chi connectivity index (χ1n) is 7.53. The summed E-state index contributed by atoms with van der Waals surface area (Å²) in [6.07, 6.45) is 0. The van der Waals surface area contributed by atoms with Crippen molar-refractivity contribution in [3.05, 3.63) is 54.3 Å². The van der Waals surface area contributed by atoms with E-state index in [1.165, 1.54) is 23.9 Å². The molecule has 0 saturated carbocycles. The van der Waals surface area contributed by atoms with Crippen LogP contribution in [0.2, 0.25) is 0 Å². The monoisotopic (exact) mass is 349 g/mol. The van der Waals surface area contributed by atoms with Gasteiger partial charge in [0, 0.05) is 11.4 Å². The first-order chi connectivity index (χ1) is 11.6. The molecule has 2 aromatic rings. The summed E-state index contributed by atoms with van der Waals surface area (Å²) in [7, 11) is 1.61. The number of carbonyl (C=O) groups is 1. The van der Waals surface area contributed by atoms with Crippen LogP contribution in [0.3, 0.4) is 0 Å². The molecule has 0 spiro atoms. The number of anilines is 1. The van der Waals surface area contributed by atoms with E-state index in [9.17, 15) is 9.18 Å². The maximum absolute atomic E-state index is 13.1. The number of ether oxygens (including phenoxy) is 2. The summed E-state index contributed by atoms with van der Waals surface area (Å²) >= 11 is 1.48. The van der Waals surface area contributed by atoms with Gasteiger partial charge in [-0.1, -0.05) is 6.07 Å². The minimum atomic E-state index is -0.374. The van der Waals surface area contributed by atoms with Crippen LogP contribution >= 0.6 is 11.8 Å². The van der Waals surface area contributed by atoms with Crippen molar-refractivity contribution in [3.63, 3.8) is 0 Å². The molecule has 2 aromatic carbocycles. The molecule has 0 aliphatic rings. The summed E-state index contributed by atoms with van der Waals surface area (Å²) in [5.74, 6) is 1.67. The highest BCUT2D eigenvalue weighted by Crippen LogP contribution is 2.18. The number of hydrogen-bond donors (Lipinski definition) is 1. The second-order valence-electron chi connectivity index (χ2n) is 5.04. The molecular weight excluding hydrogens is 329 g/mol. The molecule has 1 unspecified atom stereocenters. The standard InChI is InChI=1S/C18H20FNO3S/c1-13(18(21)20-15-5-3-4-14(19)12-15)24-11-10-23-17-8-6-16(22-2)7-9-17/h3-9,12-13H,10-11H2,1-2H3,(H,20,21). The van der Waals surface area contributed by atoms with Gasteiger partial charge in [-0.3, -0.25) is 4.79 Å². The van der Waals surface area contributed by atoms with E-state index in [0.29, 0.717) is 18.0 Å². The van der Waals surface area contributed by atoms with Gasteiger partial charge in [0.05, 0.1) is 19.0 Å². The second-order valence-corrected chi connectivity index (χ2v) is 6.49. The van der Waals surface area contributed by atoms with Crippen molar-refractivity contribution in [2.75, 3.05) is 24.8 Å². The van der Waals surface area contributed by atoms with Crippen molar-refractivity contribution in [1.82, 2.24) is 0 Å². The maximum atomic E-state index is 13.1. The number of nitrogens with one attached hydrogen (secondary N) is 1. The van der Waals surface area contributed by atoms with Gasteiger partial charge >= 0.3 is 0 Å². The molecule has 24 heavy (non-hydrogen) atoms. The van der Waals surface area contributed by atoms with Crippen LogP contribution in [0, 0.1) is 5.82 Å². The lowest BCUT2D eigenvalue weighted by Crippen LogP contribution is -2.23. The molecule has 0 bridgehead atoms. The molecule has 0 aliphatic carbocycles. The fourth-order valence-corrected chi connectivity index (χ4v) is 2.69. The molecule has 0 saturated heterocycles. The molecule has 6 heteroatoms. The predicted octanol–water partition coefficient (Wildman–Crippen LogP) is 3.97. The number of rotatable bonds is 8. The maximum Gasteiger partial charge on any atom is 0.237 e. The van der Waals surface area contributed by atoms with Crippen LogP contribution < -0.4 is 14.8 Å². The zero-order valence-corrected chi connectivity index (χ0v) is 14.4. The number of amides is 1. The van der Waals surface area contributed by atoms with Gasteiger partial charge in [-0.15, -0.1) is 11.8 Å². The van der Waals surface area contributed by atoms with Crippen LogP contribution in [0.4, 0.5) is 10.1 Å². The molecule has 128 valence electrons. The summed E-state index contributed by atoms with van der Waals surface area (Å²) in [6, 6.07) is 13.2. The normalized spacial score (nSPS) is 11.6. The Labute approximate surface area is 145 Å². The van der Waals surface area contributed by atoms with E-state index in [0.717, 1.165) is 11.5 Å². The van der Waals surface area contributed by atoms with Crippen LogP contribution in [0.5, 0.6) is 11.5 Å². The Kier molecular flexibility index (Phi) is 6.93. The van der Waals surface area contributed by atoms with E-state index in [2.05, 4.69) is 5.32 Å². The highest BCUT2D eigenvalue weighted by atomic mass is 32.2. The molecule has 1 atom stereocenters. The molecule has 0 aromatic heterocycles. The number of halogens is 1. The van der Waals surface area contributed by atoms with Crippen LogP contribution in [-0.2, 0) is 4.79 Å². The lowest BCUT2D eigenvalue weighted by molar-refractivity contribution is -0.115. The molecule has 0 heterocycles. The Hall–Kier alpha value is -2.21. The van der Waals surface area contributed by atoms with Crippen LogP contribution in [0.1, 0.15) is 6.92 Å². The van der Waals surface area contributed by atoms with Gasteiger partial charge in [-0.2, -0.15) is 0 Å². The summed E-state index contributed by atoms with van der Waals surface area (Å²) < 4.78 is 23.8. The van der Waals surface area contributed by atoms with Crippen molar-refractivity contribution in [3.8, 4) is 11.5 Å². The highest BCUT2D eigenvalue weighted by molar-refractivity contribution is 8.00. The first-order valence-corrected chi connectivity index (χ1v) is 8.58. The van der Waals surface area contributed by atoms with E-state index < -0.39 is 0 Å². The molecule has 0 radical (unpaired) electrons. The van der Waals surface area contributed by atoms with Crippen molar-refractivity contribution in [2.24, 2.45) is 0 Å². The smallest absolute Gasteiger partial charge is 0.237 e. The van der Waals surface area contributed by atoms with Crippen molar-refractivity contribution in [2.45, 2.75) is 12.2 Å². The van der Waals surface area contributed by atoms with E-state index in [1.54, 1.807) is 19.2 Å². The van der Waals surface area contributed by atoms with Crippen LogP contribution in [-0.4, -0.2) is 30.6 Å². The molecule has 2 rings (SSSR count). The van der Waals surface area contributed by atoms with Gasteiger partial charge in [0.15, 0.2) is 0 Å². The van der Waals surface area contributed by atoms with Crippen LogP contribution in [0.15, 0.2) is 48.5 Å². The molecular formula is C18H20FNO3S. The zero-order valence-electron chi connectivity index (χ0n) is 13.6. The Bertz CT molecular complexity index is 664. The molecule has 0 fully saturated rings. The Balaban J connectivity index is 1.70. The Morgan fingerprint density at radius 3 is 2.58 bits per heavy atom. The van der Waals surface area contributed by atoms with Crippen molar-refractivity contribution in [1.29, 1.82) is 0 Å². The number of methoxy groups -OCH3 is 1. The third-order valence-corrected chi connectivity index (χ3v) is 4.36. The van der Waals surface area contributed by atoms with E-state index >= 15 is 0 Å². The molecule has 0 aliphatic heterocycles. The van der Waals surface area contributed by atoms with E-state index in [-0.39, 0.29) is 17.0 Å². The molecule has 1 amide bonds. The number of benzene rings is 2. The SMILES string of the molecule is COc1ccc(OCCSC(C)C(=O)Nc2cccc(F)c2)cc1. The predicted molar refractivity (Wildman–Crippen MR) is 95.4 cm³/mol. The third-order valence-electron chi connectivity index (χ3n) is 3.24. The van der Waals surface area contributed by atoms with Gasteiger partial charge in [0.25, 0.3) is 0 Å². The van der Waals surface area contributed by atoms with E-state index in [1.807, 2.05) is 31.2 Å². The average Bonchev–Trinajstić information content (AvgIpc) is 2.59. The summed E-state index contributed by atoms with van der Waals surface area (Å²) in [5, 5.41) is 2.44. The van der Waals surface area contributed by atoms with Crippen molar-refractivity contribution >= 4 is 23.4 Å². The summed E-state index contributed by atoms with van der Waals surface area (Å²) in [5.41, 5.74) is 0.460. The third kappa shape index (κ3) is 5.77. The molecule has 1 N–H and O–H groups in total. The lowest BCUT2D eigenvalue weighted by Gasteiger charge is -2.12. The van der Waals surface area contributed by atoms with Gasteiger partial charge in [-0.05, 0) is 49.4 Å². The Morgan fingerprint density at radius 1 is 1.21 bits per heavy atom. The second kappa shape index (κ2) is 9.17. The first kappa shape index (κ1) is 18.1. The largest absolute Gasteiger partial charge is 0.497 e. The summed E-state index contributed by atoms with van der Waals surface area (Å²) in [4.78, 5) is 12.0. The molecule has 4 nitrogen and oxygen atoms in total. The average molecular weight is 349 g/mol. The fourth-order valence-electron chi connectivity index (χ4n) is 1.94. The fraction of sp³-hybridized carbons (Fsp3) is 0.278. The van der Waals surface area contributed by atoms with Gasteiger partial charge in [0.1, 0.15) is 17.3 Å². The number of thioether (sulfide) groups is 1. The topological polar surface area (TPSA) is 47.6 Å². The number of hydrogen-bond acceptors (Lipinski definition) is 4. The minimum absolute atomic E-state index is 0.157. The highest BCUT2D eigenvalue weighted by Gasteiger charge is 2.13. The van der Waals surface area contributed by atoms with Gasteiger partial charge in [-0.25, -0.2) is 4.39 Å². The zero-order chi connectivity index (χ0) is 17.4. The Morgan fingerprint density at radius 2 is 1.92 bits per heavy atom. The lowest BCUT2D eigenvalue weighted by atomic mass is 10.3. The quantitative estimate of drug-likeness (QED) is 0.733.